The third kappa shape index (κ3) is 2.03. The van der Waals surface area contributed by atoms with Crippen LogP contribution in [-0.4, -0.2) is 16.9 Å². The van der Waals surface area contributed by atoms with Crippen LogP contribution in [0, 0.1) is 0 Å². The predicted molar refractivity (Wildman–Crippen MR) is 64.3 cm³/mol. The maximum atomic E-state index is 11.9. The SMILES string of the molecule is CC(C)NC(=O)c1cncc2ccccc12. The normalized spacial score (nSPS) is 10.7. The van der Waals surface area contributed by atoms with E-state index in [2.05, 4.69) is 10.3 Å². The molecule has 16 heavy (non-hydrogen) atoms. The summed E-state index contributed by atoms with van der Waals surface area (Å²) in [6.45, 7) is 3.88. The van der Waals surface area contributed by atoms with Crippen LogP contribution in [-0.2, 0) is 0 Å². The van der Waals surface area contributed by atoms with Gasteiger partial charge in [-0.1, -0.05) is 24.3 Å². The van der Waals surface area contributed by atoms with Crippen molar-refractivity contribution < 1.29 is 4.79 Å². The van der Waals surface area contributed by atoms with Gasteiger partial charge in [0, 0.05) is 23.8 Å². The predicted octanol–water partition coefficient (Wildman–Crippen LogP) is 2.37. The molecule has 3 nitrogen and oxygen atoms in total. The Balaban J connectivity index is 2.48. The summed E-state index contributed by atoms with van der Waals surface area (Å²) in [5, 5.41) is 4.80. The molecule has 0 radical (unpaired) electrons. The number of carbonyl (C=O) groups excluding carboxylic acids is 1. The fourth-order valence-corrected chi connectivity index (χ4v) is 1.64. The monoisotopic (exact) mass is 214 g/mol. The highest BCUT2D eigenvalue weighted by Gasteiger charge is 2.10. The maximum Gasteiger partial charge on any atom is 0.253 e. The van der Waals surface area contributed by atoms with Gasteiger partial charge in [0.25, 0.3) is 5.91 Å². The molecule has 1 aromatic carbocycles. The van der Waals surface area contributed by atoms with E-state index in [9.17, 15) is 4.79 Å². The minimum atomic E-state index is -0.0701. The van der Waals surface area contributed by atoms with E-state index in [1.807, 2.05) is 38.1 Å². The molecule has 2 rings (SSSR count). The van der Waals surface area contributed by atoms with Gasteiger partial charge in [0.2, 0.25) is 0 Å². The highest BCUT2D eigenvalue weighted by Crippen LogP contribution is 2.16. The molecule has 0 aliphatic heterocycles. The number of fused-ring (bicyclic) bond motifs is 1. The third-order valence-corrected chi connectivity index (χ3v) is 2.33. The van der Waals surface area contributed by atoms with Crippen molar-refractivity contribution in [2.75, 3.05) is 0 Å². The maximum absolute atomic E-state index is 11.9. The molecule has 0 aliphatic carbocycles. The lowest BCUT2D eigenvalue weighted by Gasteiger charge is -2.09. The van der Waals surface area contributed by atoms with E-state index in [1.54, 1.807) is 12.4 Å². The Kier molecular flexibility index (Phi) is 2.86. The van der Waals surface area contributed by atoms with Crippen molar-refractivity contribution in [3.05, 3.63) is 42.2 Å². The minimum absolute atomic E-state index is 0.0701. The average Bonchev–Trinajstić information content (AvgIpc) is 2.27. The Labute approximate surface area is 94.5 Å². The summed E-state index contributed by atoms with van der Waals surface area (Å²) in [5.74, 6) is -0.0701. The van der Waals surface area contributed by atoms with Crippen molar-refractivity contribution in [3.63, 3.8) is 0 Å². The Morgan fingerprint density at radius 1 is 1.25 bits per heavy atom. The van der Waals surface area contributed by atoms with Gasteiger partial charge >= 0.3 is 0 Å². The molecule has 0 spiro atoms. The lowest BCUT2D eigenvalue weighted by atomic mass is 10.1. The van der Waals surface area contributed by atoms with E-state index in [0.29, 0.717) is 5.56 Å². The van der Waals surface area contributed by atoms with Crippen LogP contribution in [0.5, 0.6) is 0 Å². The van der Waals surface area contributed by atoms with Gasteiger partial charge in [0.05, 0.1) is 5.56 Å². The van der Waals surface area contributed by atoms with Gasteiger partial charge in [-0.15, -0.1) is 0 Å². The Bertz CT molecular complexity index is 515. The van der Waals surface area contributed by atoms with Crippen molar-refractivity contribution in [2.24, 2.45) is 0 Å². The molecule has 1 heterocycles. The molecule has 3 heteroatoms. The highest BCUT2D eigenvalue weighted by atomic mass is 16.1. The number of rotatable bonds is 2. The van der Waals surface area contributed by atoms with Crippen molar-refractivity contribution in [1.82, 2.24) is 10.3 Å². The number of nitrogens with zero attached hydrogens (tertiary/aromatic N) is 1. The first kappa shape index (κ1) is 10.6. The average molecular weight is 214 g/mol. The van der Waals surface area contributed by atoms with E-state index in [-0.39, 0.29) is 11.9 Å². The summed E-state index contributed by atoms with van der Waals surface area (Å²) in [6, 6.07) is 7.88. The van der Waals surface area contributed by atoms with Crippen molar-refractivity contribution in [2.45, 2.75) is 19.9 Å². The second-order valence-electron chi connectivity index (χ2n) is 4.04. The molecule has 0 unspecified atom stereocenters. The van der Waals surface area contributed by atoms with E-state index in [1.165, 1.54) is 0 Å². The number of hydrogen-bond acceptors (Lipinski definition) is 2. The molecule has 0 fully saturated rings. The van der Waals surface area contributed by atoms with Crippen LogP contribution >= 0.6 is 0 Å². The first-order chi connectivity index (χ1) is 7.68. The van der Waals surface area contributed by atoms with Gasteiger partial charge in [-0.25, -0.2) is 0 Å². The van der Waals surface area contributed by atoms with E-state index in [0.717, 1.165) is 10.8 Å². The summed E-state index contributed by atoms with van der Waals surface area (Å²) in [5.41, 5.74) is 0.631. The lowest BCUT2D eigenvalue weighted by molar-refractivity contribution is 0.0944. The van der Waals surface area contributed by atoms with Gasteiger partial charge in [-0.05, 0) is 19.2 Å². The van der Waals surface area contributed by atoms with Crippen LogP contribution in [0.2, 0.25) is 0 Å². The summed E-state index contributed by atoms with van der Waals surface area (Å²) in [4.78, 5) is 16.0. The summed E-state index contributed by atoms with van der Waals surface area (Å²) >= 11 is 0. The smallest absolute Gasteiger partial charge is 0.253 e. The van der Waals surface area contributed by atoms with Crippen LogP contribution in [0.4, 0.5) is 0 Å². The van der Waals surface area contributed by atoms with Gasteiger partial charge in [-0.3, -0.25) is 9.78 Å². The zero-order valence-electron chi connectivity index (χ0n) is 9.40. The number of pyridine rings is 1. The number of aromatic nitrogens is 1. The number of carbonyl (C=O) groups is 1. The summed E-state index contributed by atoms with van der Waals surface area (Å²) < 4.78 is 0. The summed E-state index contributed by atoms with van der Waals surface area (Å²) in [7, 11) is 0. The zero-order chi connectivity index (χ0) is 11.5. The minimum Gasteiger partial charge on any atom is -0.350 e. The van der Waals surface area contributed by atoms with Crippen LogP contribution < -0.4 is 5.32 Å². The van der Waals surface area contributed by atoms with Crippen molar-refractivity contribution in [3.8, 4) is 0 Å². The van der Waals surface area contributed by atoms with E-state index >= 15 is 0 Å². The fourth-order valence-electron chi connectivity index (χ4n) is 1.64. The molecule has 82 valence electrons. The topological polar surface area (TPSA) is 42.0 Å². The quantitative estimate of drug-likeness (QED) is 0.833. The lowest BCUT2D eigenvalue weighted by Crippen LogP contribution is -2.30. The van der Waals surface area contributed by atoms with Crippen LogP contribution in [0.15, 0.2) is 36.7 Å². The van der Waals surface area contributed by atoms with Crippen molar-refractivity contribution in [1.29, 1.82) is 0 Å². The number of hydrogen-bond donors (Lipinski definition) is 1. The molecule has 0 aliphatic rings. The van der Waals surface area contributed by atoms with Gasteiger partial charge in [-0.2, -0.15) is 0 Å². The fraction of sp³-hybridized carbons (Fsp3) is 0.231. The Hall–Kier alpha value is -1.90. The van der Waals surface area contributed by atoms with Crippen LogP contribution in [0.25, 0.3) is 10.8 Å². The first-order valence-corrected chi connectivity index (χ1v) is 5.32. The molecule has 0 bridgehead atoms. The Morgan fingerprint density at radius 3 is 2.75 bits per heavy atom. The van der Waals surface area contributed by atoms with E-state index in [4.69, 9.17) is 0 Å². The first-order valence-electron chi connectivity index (χ1n) is 5.32. The van der Waals surface area contributed by atoms with Crippen LogP contribution in [0.1, 0.15) is 24.2 Å². The standard InChI is InChI=1S/C13H14N2O/c1-9(2)15-13(16)12-8-14-7-10-5-3-4-6-11(10)12/h3-9H,1-2H3,(H,15,16). The molecule has 1 aromatic heterocycles. The second-order valence-corrected chi connectivity index (χ2v) is 4.04. The molecular weight excluding hydrogens is 200 g/mol. The number of benzene rings is 1. The van der Waals surface area contributed by atoms with Gasteiger partial charge in [0.1, 0.15) is 0 Å². The zero-order valence-corrected chi connectivity index (χ0v) is 9.40. The molecule has 1 N–H and O–H groups in total. The molecule has 0 saturated carbocycles. The van der Waals surface area contributed by atoms with Gasteiger partial charge in [0.15, 0.2) is 0 Å². The molecular formula is C13H14N2O. The van der Waals surface area contributed by atoms with Crippen molar-refractivity contribution >= 4 is 16.7 Å². The molecule has 1 amide bonds. The van der Waals surface area contributed by atoms with Gasteiger partial charge < -0.3 is 5.32 Å². The number of amides is 1. The highest BCUT2D eigenvalue weighted by molar-refractivity contribution is 6.06. The Morgan fingerprint density at radius 2 is 2.00 bits per heavy atom. The molecule has 0 atom stereocenters. The second kappa shape index (κ2) is 4.31. The molecule has 2 aromatic rings. The van der Waals surface area contributed by atoms with Crippen LogP contribution in [0.3, 0.4) is 0 Å². The van der Waals surface area contributed by atoms with E-state index < -0.39 is 0 Å². The third-order valence-electron chi connectivity index (χ3n) is 2.33. The number of nitrogens with one attached hydrogen (secondary N) is 1. The molecule has 0 saturated heterocycles. The largest absolute Gasteiger partial charge is 0.350 e. The summed E-state index contributed by atoms with van der Waals surface area (Å²) in [6.07, 6.45) is 3.38.